The lowest BCUT2D eigenvalue weighted by atomic mass is 10.2. The van der Waals surface area contributed by atoms with Crippen LogP contribution in [0.3, 0.4) is 0 Å². The van der Waals surface area contributed by atoms with Crippen LogP contribution in [0.5, 0.6) is 0 Å². The summed E-state index contributed by atoms with van der Waals surface area (Å²) in [7, 11) is 0. The molecule has 8 heteroatoms. The van der Waals surface area contributed by atoms with Crippen LogP contribution in [-0.4, -0.2) is 14.9 Å². The number of halogens is 2. The average molecular weight is 385 g/mol. The molecule has 2 aromatic heterocycles. The topological polar surface area (TPSA) is 52.1 Å². The lowest BCUT2D eigenvalue weighted by Gasteiger charge is -2.10. The molecule has 2 rings (SSSR count). The molecule has 4 nitrogen and oxygen atoms in total. The van der Waals surface area contributed by atoms with Crippen molar-refractivity contribution >= 4 is 48.3 Å². The molecule has 0 aliphatic carbocycles. The third-order valence-corrected chi connectivity index (χ3v) is 5.95. The standard InChI is InChI=1S/C14H20N2O2S2.2ClH/c1-8-13(10(3)17-15-8)6-19-12(5)20-7-14-9(2)16-18-11(14)4;;/h12H,6-7H2,1-5H3;2*1H. The van der Waals surface area contributed by atoms with Crippen molar-refractivity contribution in [2.75, 3.05) is 0 Å². The predicted molar refractivity (Wildman–Crippen MR) is 98.5 cm³/mol. The van der Waals surface area contributed by atoms with Crippen molar-refractivity contribution in [2.24, 2.45) is 0 Å². The summed E-state index contributed by atoms with van der Waals surface area (Å²) in [6.07, 6.45) is 0. The molecule has 0 fully saturated rings. The van der Waals surface area contributed by atoms with Gasteiger partial charge in [-0.2, -0.15) is 0 Å². The van der Waals surface area contributed by atoms with Gasteiger partial charge in [0, 0.05) is 27.2 Å². The predicted octanol–water partition coefficient (Wildman–Crippen LogP) is 5.25. The van der Waals surface area contributed by atoms with Gasteiger partial charge in [-0.05, 0) is 34.6 Å². The van der Waals surface area contributed by atoms with Gasteiger partial charge in [-0.3, -0.25) is 0 Å². The Kier molecular flexibility index (Phi) is 9.62. The first-order valence-corrected chi connectivity index (χ1v) is 8.65. The zero-order valence-corrected chi connectivity index (χ0v) is 16.6. The monoisotopic (exact) mass is 384 g/mol. The van der Waals surface area contributed by atoms with E-state index in [-0.39, 0.29) is 24.8 Å². The molecular formula is C14H22Cl2N2O2S2. The van der Waals surface area contributed by atoms with Crippen LogP contribution in [0.2, 0.25) is 0 Å². The number of thioether (sulfide) groups is 2. The minimum absolute atomic E-state index is 0. The summed E-state index contributed by atoms with van der Waals surface area (Å²) in [6.45, 7) is 10.2. The number of aryl methyl sites for hydroxylation is 4. The molecule has 0 radical (unpaired) electrons. The van der Waals surface area contributed by atoms with E-state index in [4.69, 9.17) is 9.05 Å². The van der Waals surface area contributed by atoms with E-state index >= 15 is 0 Å². The maximum atomic E-state index is 5.19. The van der Waals surface area contributed by atoms with Crippen LogP contribution in [0.1, 0.15) is 41.0 Å². The normalized spacial score (nSPS) is 10.5. The Balaban J connectivity index is 0.00000220. The van der Waals surface area contributed by atoms with Crippen molar-refractivity contribution in [3.63, 3.8) is 0 Å². The summed E-state index contributed by atoms with van der Waals surface area (Å²) in [5.41, 5.74) is 4.44. The second kappa shape index (κ2) is 9.75. The molecule has 0 saturated carbocycles. The summed E-state index contributed by atoms with van der Waals surface area (Å²) in [4.78, 5) is 0. The van der Waals surface area contributed by atoms with Gasteiger partial charge >= 0.3 is 0 Å². The van der Waals surface area contributed by atoms with Gasteiger partial charge in [-0.25, -0.2) is 0 Å². The number of hydrogen-bond acceptors (Lipinski definition) is 6. The minimum atomic E-state index is 0. The van der Waals surface area contributed by atoms with Crippen molar-refractivity contribution in [1.82, 2.24) is 10.3 Å². The molecule has 0 atom stereocenters. The molecule has 0 aliphatic rings. The van der Waals surface area contributed by atoms with E-state index in [9.17, 15) is 0 Å². The van der Waals surface area contributed by atoms with E-state index in [1.165, 1.54) is 11.1 Å². The Bertz CT molecular complexity index is 498. The molecule has 0 unspecified atom stereocenters. The van der Waals surface area contributed by atoms with Crippen molar-refractivity contribution < 1.29 is 9.05 Å². The Labute approximate surface area is 152 Å². The summed E-state index contributed by atoms with van der Waals surface area (Å²) in [5, 5.41) is 7.98. The van der Waals surface area contributed by atoms with Crippen LogP contribution in [0, 0.1) is 27.7 Å². The van der Waals surface area contributed by atoms with E-state index in [0.717, 1.165) is 34.4 Å². The molecule has 126 valence electrons. The first kappa shape index (κ1) is 21.7. The number of nitrogens with zero attached hydrogens (tertiary/aromatic N) is 2. The van der Waals surface area contributed by atoms with Crippen LogP contribution in [-0.2, 0) is 11.5 Å². The van der Waals surface area contributed by atoms with Crippen molar-refractivity contribution in [2.45, 2.75) is 50.7 Å². The zero-order chi connectivity index (χ0) is 14.7. The highest BCUT2D eigenvalue weighted by molar-refractivity contribution is 8.16. The number of hydrogen-bond donors (Lipinski definition) is 0. The molecule has 0 amide bonds. The van der Waals surface area contributed by atoms with E-state index in [1.807, 2.05) is 51.2 Å². The van der Waals surface area contributed by atoms with Crippen LogP contribution >= 0.6 is 48.3 Å². The van der Waals surface area contributed by atoms with E-state index < -0.39 is 0 Å². The first-order valence-electron chi connectivity index (χ1n) is 6.55. The third kappa shape index (κ3) is 5.41. The van der Waals surface area contributed by atoms with E-state index in [1.54, 1.807) is 0 Å². The smallest absolute Gasteiger partial charge is 0.137 e. The van der Waals surface area contributed by atoms with Crippen molar-refractivity contribution in [3.05, 3.63) is 34.0 Å². The molecule has 2 heterocycles. The Morgan fingerprint density at radius 1 is 0.818 bits per heavy atom. The number of rotatable bonds is 6. The molecular weight excluding hydrogens is 363 g/mol. The highest BCUT2D eigenvalue weighted by atomic mass is 35.5. The molecule has 0 bridgehead atoms. The highest BCUT2D eigenvalue weighted by Crippen LogP contribution is 2.32. The molecule has 0 aliphatic heterocycles. The summed E-state index contributed by atoms with van der Waals surface area (Å²) in [6, 6.07) is 0. The summed E-state index contributed by atoms with van der Waals surface area (Å²) < 4.78 is 10.9. The quantitative estimate of drug-likeness (QED) is 0.633. The van der Waals surface area contributed by atoms with Gasteiger partial charge in [-0.15, -0.1) is 48.3 Å². The van der Waals surface area contributed by atoms with Gasteiger partial charge in [-0.1, -0.05) is 10.3 Å². The lowest BCUT2D eigenvalue weighted by molar-refractivity contribution is 0.392. The van der Waals surface area contributed by atoms with Crippen molar-refractivity contribution in [1.29, 1.82) is 0 Å². The maximum Gasteiger partial charge on any atom is 0.137 e. The van der Waals surface area contributed by atoms with Crippen LogP contribution in [0.25, 0.3) is 0 Å². The second-order valence-corrected chi connectivity index (χ2v) is 7.75. The highest BCUT2D eigenvalue weighted by Gasteiger charge is 2.14. The fourth-order valence-corrected chi connectivity index (χ4v) is 4.29. The summed E-state index contributed by atoms with van der Waals surface area (Å²) in [5.74, 6) is 3.74. The molecule has 0 N–H and O–H groups in total. The molecule has 22 heavy (non-hydrogen) atoms. The SMILES string of the molecule is Cc1noc(C)c1CSC(C)SCc1c(C)noc1C.Cl.Cl. The fourth-order valence-electron chi connectivity index (χ4n) is 1.87. The number of aromatic nitrogens is 2. The molecule has 2 aromatic rings. The first-order chi connectivity index (χ1) is 9.49. The Morgan fingerprint density at radius 3 is 1.45 bits per heavy atom. The fraction of sp³-hybridized carbons (Fsp3) is 0.571. The average Bonchev–Trinajstić information content (AvgIpc) is 2.89. The van der Waals surface area contributed by atoms with E-state index in [0.29, 0.717) is 4.58 Å². The van der Waals surface area contributed by atoms with Gasteiger partial charge in [0.1, 0.15) is 11.5 Å². The van der Waals surface area contributed by atoms with Gasteiger partial charge < -0.3 is 9.05 Å². The van der Waals surface area contributed by atoms with E-state index in [2.05, 4.69) is 17.2 Å². The van der Waals surface area contributed by atoms with Gasteiger partial charge in [0.05, 0.1) is 11.4 Å². The Morgan fingerprint density at radius 2 is 1.18 bits per heavy atom. The van der Waals surface area contributed by atoms with Crippen LogP contribution in [0.4, 0.5) is 0 Å². The van der Waals surface area contributed by atoms with Crippen molar-refractivity contribution in [3.8, 4) is 0 Å². The largest absolute Gasteiger partial charge is 0.361 e. The second-order valence-electron chi connectivity index (χ2n) is 4.80. The van der Waals surface area contributed by atoms with Gasteiger partial charge in [0.15, 0.2) is 0 Å². The summed E-state index contributed by atoms with van der Waals surface area (Å²) >= 11 is 3.82. The molecule has 0 saturated heterocycles. The zero-order valence-electron chi connectivity index (χ0n) is 13.3. The molecule has 0 spiro atoms. The van der Waals surface area contributed by atoms with Crippen LogP contribution in [0.15, 0.2) is 9.05 Å². The van der Waals surface area contributed by atoms with Gasteiger partial charge in [0.2, 0.25) is 0 Å². The molecule has 0 aromatic carbocycles. The van der Waals surface area contributed by atoms with Crippen LogP contribution < -0.4 is 0 Å². The third-order valence-electron chi connectivity index (χ3n) is 3.29. The maximum absolute atomic E-state index is 5.19. The minimum Gasteiger partial charge on any atom is -0.361 e. The lowest BCUT2D eigenvalue weighted by Crippen LogP contribution is -1.95. The van der Waals surface area contributed by atoms with Gasteiger partial charge in [0.25, 0.3) is 0 Å². The Hall–Kier alpha value is -0.300.